The van der Waals surface area contributed by atoms with E-state index in [1.165, 1.54) is 24.1 Å². The molecule has 0 spiro atoms. The van der Waals surface area contributed by atoms with Crippen molar-refractivity contribution in [3.63, 3.8) is 0 Å². The highest BCUT2D eigenvalue weighted by Crippen LogP contribution is 2.38. The van der Waals surface area contributed by atoms with Gasteiger partial charge in [0.1, 0.15) is 0 Å². The maximum Gasteiger partial charge on any atom is 0.0810 e. The van der Waals surface area contributed by atoms with E-state index in [4.69, 9.17) is 9.72 Å². The zero-order valence-electron chi connectivity index (χ0n) is 14.0. The van der Waals surface area contributed by atoms with E-state index in [2.05, 4.69) is 45.1 Å². The van der Waals surface area contributed by atoms with E-state index in [1.54, 1.807) is 0 Å². The van der Waals surface area contributed by atoms with Gasteiger partial charge in [-0.1, -0.05) is 19.9 Å². The van der Waals surface area contributed by atoms with Crippen molar-refractivity contribution < 1.29 is 4.74 Å². The number of aryl methyl sites for hydroxylation is 1. The van der Waals surface area contributed by atoms with Crippen LogP contribution < -0.4 is 5.32 Å². The summed E-state index contributed by atoms with van der Waals surface area (Å²) in [5.74, 6) is 0.450. The van der Waals surface area contributed by atoms with Crippen LogP contribution in [0.5, 0.6) is 0 Å². The Hall–Kier alpha value is -0.930. The fourth-order valence-corrected chi connectivity index (χ4v) is 3.71. The smallest absolute Gasteiger partial charge is 0.0810 e. The van der Waals surface area contributed by atoms with Crippen molar-refractivity contribution in [2.75, 3.05) is 13.2 Å². The van der Waals surface area contributed by atoms with Crippen LogP contribution in [0.2, 0.25) is 0 Å². The standard InChI is InChI=1S/C18H30N2O/c1-5-18(4,21-7-3)17(19-6-2)15-12-8-10-14-11-9-13-20-16(14)15/h9,11,13,15,17,19H,5-8,10,12H2,1-4H3. The van der Waals surface area contributed by atoms with E-state index in [-0.39, 0.29) is 5.60 Å². The minimum atomic E-state index is -0.137. The fourth-order valence-electron chi connectivity index (χ4n) is 3.71. The number of hydrogen-bond donors (Lipinski definition) is 1. The molecule has 0 saturated heterocycles. The molecular formula is C18H30N2O. The Morgan fingerprint density at radius 2 is 2.24 bits per heavy atom. The third-order valence-corrected chi connectivity index (χ3v) is 4.90. The number of pyridine rings is 1. The highest BCUT2D eigenvalue weighted by atomic mass is 16.5. The van der Waals surface area contributed by atoms with Crippen molar-refractivity contribution >= 4 is 0 Å². The summed E-state index contributed by atoms with van der Waals surface area (Å²) in [7, 11) is 0. The SMILES string of the molecule is CCNC(C1CCCc2cccnc21)C(C)(CC)OCC. The Labute approximate surface area is 129 Å². The predicted octanol–water partition coefficient (Wildman–Crippen LogP) is 3.68. The Bertz CT molecular complexity index is 449. The zero-order valence-corrected chi connectivity index (χ0v) is 14.0. The number of nitrogens with one attached hydrogen (secondary N) is 1. The van der Waals surface area contributed by atoms with Crippen LogP contribution in [0.25, 0.3) is 0 Å². The van der Waals surface area contributed by atoms with Gasteiger partial charge in [0.25, 0.3) is 0 Å². The Morgan fingerprint density at radius 1 is 1.43 bits per heavy atom. The maximum absolute atomic E-state index is 6.17. The van der Waals surface area contributed by atoms with Crippen LogP contribution in [0.1, 0.15) is 64.1 Å². The summed E-state index contributed by atoms with van der Waals surface area (Å²) in [6.07, 6.45) is 6.55. The molecule has 0 fully saturated rings. The number of rotatable bonds is 7. The number of likely N-dealkylation sites (N-methyl/N-ethyl adjacent to an activating group) is 1. The van der Waals surface area contributed by atoms with Crippen LogP contribution in [0.15, 0.2) is 18.3 Å². The second kappa shape index (κ2) is 7.37. The van der Waals surface area contributed by atoms with Crippen molar-refractivity contribution in [2.24, 2.45) is 0 Å². The van der Waals surface area contributed by atoms with Gasteiger partial charge in [0, 0.05) is 30.5 Å². The van der Waals surface area contributed by atoms with E-state index in [1.807, 2.05) is 6.20 Å². The first kappa shape index (κ1) is 16.4. The highest BCUT2D eigenvalue weighted by molar-refractivity contribution is 5.28. The molecule has 1 aliphatic carbocycles. The lowest BCUT2D eigenvalue weighted by Gasteiger charge is -2.43. The third kappa shape index (κ3) is 3.46. The number of nitrogens with zero attached hydrogens (tertiary/aromatic N) is 1. The van der Waals surface area contributed by atoms with Gasteiger partial charge in [-0.2, -0.15) is 0 Å². The molecule has 3 unspecified atom stereocenters. The summed E-state index contributed by atoms with van der Waals surface area (Å²) in [6.45, 7) is 10.5. The molecular weight excluding hydrogens is 260 g/mol. The highest BCUT2D eigenvalue weighted by Gasteiger charge is 2.40. The summed E-state index contributed by atoms with van der Waals surface area (Å²) in [4.78, 5) is 4.72. The summed E-state index contributed by atoms with van der Waals surface area (Å²) < 4.78 is 6.17. The third-order valence-electron chi connectivity index (χ3n) is 4.90. The van der Waals surface area contributed by atoms with E-state index < -0.39 is 0 Å². The van der Waals surface area contributed by atoms with Gasteiger partial charge in [-0.05, 0) is 57.7 Å². The number of fused-ring (bicyclic) bond motifs is 1. The van der Waals surface area contributed by atoms with E-state index in [9.17, 15) is 0 Å². The molecule has 1 aromatic rings. The van der Waals surface area contributed by atoms with Crippen LogP contribution in [0, 0.1) is 0 Å². The van der Waals surface area contributed by atoms with Crippen molar-refractivity contribution in [3.05, 3.63) is 29.6 Å². The topological polar surface area (TPSA) is 34.2 Å². The van der Waals surface area contributed by atoms with Gasteiger partial charge in [-0.15, -0.1) is 0 Å². The van der Waals surface area contributed by atoms with Crippen LogP contribution in [0.3, 0.4) is 0 Å². The van der Waals surface area contributed by atoms with Gasteiger partial charge in [-0.25, -0.2) is 0 Å². The molecule has 0 saturated carbocycles. The van der Waals surface area contributed by atoms with Crippen molar-refractivity contribution in [3.8, 4) is 0 Å². The lowest BCUT2D eigenvalue weighted by Crippen LogP contribution is -2.54. The minimum Gasteiger partial charge on any atom is -0.374 e. The first-order valence-corrected chi connectivity index (χ1v) is 8.47. The molecule has 118 valence electrons. The molecule has 3 atom stereocenters. The number of ether oxygens (including phenoxy) is 1. The first-order chi connectivity index (χ1) is 10.2. The average molecular weight is 290 g/mol. The summed E-state index contributed by atoms with van der Waals surface area (Å²) in [5.41, 5.74) is 2.57. The van der Waals surface area contributed by atoms with Crippen molar-refractivity contribution in [1.29, 1.82) is 0 Å². The molecule has 0 radical (unpaired) electrons. The van der Waals surface area contributed by atoms with Gasteiger partial charge in [-0.3, -0.25) is 4.98 Å². The van der Waals surface area contributed by atoms with Gasteiger partial charge < -0.3 is 10.1 Å². The Kier molecular flexibility index (Phi) is 5.77. The number of hydrogen-bond acceptors (Lipinski definition) is 3. The van der Waals surface area contributed by atoms with Gasteiger partial charge in [0.2, 0.25) is 0 Å². The number of aromatic nitrogens is 1. The molecule has 0 amide bonds. The van der Waals surface area contributed by atoms with E-state index in [0.717, 1.165) is 26.0 Å². The Balaban J connectivity index is 2.35. The van der Waals surface area contributed by atoms with E-state index in [0.29, 0.717) is 12.0 Å². The molecule has 0 bridgehead atoms. The summed E-state index contributed by atoms with van der Waals surface area (Å²) in [5, 5.41) is 3.70. The summed E-state index contributed by atoms with van der Waals surface area (Å²) >= 11 is 0. The molecule has 3 heteroatoms. The van der Waals surface area contributed by atoms with E-state index >= 15 is 0 Å². The molecule has 1 heterocycles. The fraction of sp³-hybridized carbons (Fsp3) is 0.722. The van der Waals surface area contributed by atoms with Crippen molar-refractivity contribution in [1.82, 2.24) is 10.3 Å². The molecule has 1 N–H and O–H groups in total. The lowest BCUT2D eigenvalue weighted by atomic mass is 9.75. The van der Waals surface area contributed by atoms with Gasteiger partial charge in [0.15, 0.2) is 0 Å². The average Bonchev–Trinajstić information content (AvgIpc) is 2.52. The Morgan fingerprint density at radius 3 is 2.90 bits per heavy atom. The van der Waals surface area contributed by atoms with Gasteiger partial charge in [0.05, 0.1) is 5.60 Å². The largest absolute Gasteiger partial charge is 0.374 e. The molecule has 2 rings (SSSR count). The van der Waals surface area contributed by atoms with Crippen LogP contribution in [0.4, 0.5) is 0 Å². The molecule has 21 heavy (non-hydrogen) atoms. The van der Waals surface area contributed by atoms with Crippen LogP contribution in [-0.4, -0.2) is 29.8 Å². The quantitative estimate of drug-likeness (QED) is 0.831. The second-order valence-electron chi connectivity index (χ2n) is 6.18. The molecule has 1 aromatic heterocycles. The van der Waals surface area contributed by atoms with Crippen molar-refractivity contribution in [2.45, 2.75) is 70.9 Å². The van der Waals surface area contributed by atoms with Crippen LogP contribution in [-0.2, 0) is 11.2 Å². The molecule has 1 aliphatic rings. The zero-order chi connectivity index (χ0) is 15.3. The second-order valence-corrected chi connectivity index (χ2v) is 6.18. The molecule has 3 nitrogen and oxygen atoms in total. The maximum atomic E-state index is 6.17. The first-order valence-electron chi connectivity index (χ1n) is 8.47. The minimum absolute atomic E-state index is 0.137. The monoisotopic (exact) mass is 290 g/mol. The molecule has 0 aromatic carbocycles. The lowest BCUT2D eigenvalue weighted by molar-refractivity contribution is -0.0627. The van der Waals surface area contributed by atoms with Gasteiger partial charge >= 0.3 is 0 Å². The normalized spacial score (nSPS) is 22.4. The predicted molar refractivity (Wildman–Crippen MR) is 87.7 cm³/mol. The van der Waals surface area contributed by atoms with Crippen LogP contribution >= 0.6 is 0 Å². The molecule has 0 aliphatic heterocycles. The summed E-state index contributed by atoms with van der Waals surface area (Å²) in [6, 6.07) is 4.62.